The summed E-state index contributed by atoms with van der Waals surface area (Å²) in [6.45, 7) is 1.86. The van der Waals surface area contributed by atoms with Crippen molar-refractivity contribution < 1.29 is 22.8 Å². The van der Waals surface area contributed by atoms with E-state index in [0.717, 1.165) is 5.56 Å². The fourth-order valence-electron chi connectivity index (χ4n) is 1.35. The first-order valence-electron chi connectivity index (χ1n) is 5.13. The van der Waals surface area contributed by atoms with Crippen LogP contribution in [0.25, 0.3) is 0 Å². The highest BCUT2D eigenvalue weighted by Gasteiger charge is 2.11. The van der Waals surface area contributed by atoms with Crippen molar-refractivity contribution in [3.8, 4) is 0 Å². The number of benzene rings is 1. The second-order valence-electron chi connectivity index (χ2n) is 3.55. The molecule has 1 aromatic rings. The van der Waals surface area contributed by atoms with E-state index in [4.69, 9.17) is 4.55 Å². The Hall–Kier alpha value is -1.24. The molecule has 0 aliphatic heterocycles. The zero-order valence-corrected chi connectivity index (χ0v) is 10.1. The van der Waals surface area contributed by atoms with E-state index in [2.05, 4.69) is 4.18 Å². The lowest BCUT2D eigenvalue weighted by Gasteiger charge is -2.08. The van der Waals surface area contributed by atoms with Crippen molar-refractivity contribution in [2.45, 2.75) is 25.9 Å². The molecule has 0 radical (unpaired) electrons. The molecule has 0 saturated heterocycles. The predicted molar refractivity (Wildman–Crippen MR) is 62.6 cm³/mol. The minimum atomic E-state index is -2.61. The number of aliphatic hydroxyl groups excluding tert-OH is 1. The molecule has 1 rings (SSSR count). The van der Waals surface area contributed by atoms with Gasteiger partial charge in [-0.25, -0.2) is 4.79 Å². The SMILES string of the molecule is CCC(O)Cc1cccc(C(=O)OS(=O)O)c1. The van der Waals surface area contributed by atoms with Crippen LogP contribution in [0, 0.1) is 0 Å². The van der Waals surface area contributed by atoms with Gasteiger partial charge in [0, 0.05) is 0 Å². The van der Waals surface area contributed by atoms with Crippen LogP contribution in [0.4, 0.5) is 0 Å². The quantitative estimate of drug-likeness (QED) is 0.777. The molecule has 0 saturated carbocycles. The van der Waals surface area contributed by atoms with Crippen molar-refractivity contribution in [2.75, 3.05) is 0 Å². The summed E-state index contributed by atoms with van der Waals surface area (Å²) in [5, 5.41) is 9.48. The monoisotopic (exact) mass is 258 g/mol. The predicted octanol–water partition coefficient (Wildman–Crippen LogP) is 1.29. The van der Waals surface area contributed by atoms with Crippen molar-refractivity contribution in [3.63, 3.8) is 0 Å². The highest BCUT2D eigenvalue weighted by Crippen LogP contribution is 2.10. The molecule has 2 N–H and O–H groups in total. The van der Waals surface area contributed by atoms with Crippen molar-refractivity contribution in [2.24, 2.45) is 0 Å². The zero-order chi connectivity index (χ0) is 12.8. The highest BCUT2D eigenvalue weighted by atomic mass is 32.2. The van der Waals surface area contributed by atoms with E-state index in [9.17, 15) is 14.1 Å². The van der Waals surface area contributed by atoms with Gasteiger partial charge in [0.15, 0.2) is 0 Å². The van der Waals surface area contributed by atoms with E-state index in [1.807, 2.05) is 6.92 Å². The number of rotatable bonds is 5. The van der Waals surface area contributed by atoms with Crippen LogP contribution in [0.15, 0.2) is 24.3 Å². The van der Waals surface area contributed by atoms with Crippen LogP contribution in [-0.2, 0) is 22.0 Å². The van der Waals surface area contributed by atoms with Crippen LogP contribution < -0.4 is 0 Å². The van der Waals surface area contributed by atoms with Crippen LogP contribution >= 0.6 is 0 Å². The smallest absolute Gasteiger partial charge is 0.360 e. The normalized spacial score (nSPS) is 14.1. The molecule has 17 heavy (non-hydrogen) atoms. The van der Waals surface area contributed by atoms with Crippen molar-refractivity contribution in [1.82, 2.24) is 0 Å². The Morgan fingerprint density at radius 2 is 2.24 bits per heavy atom. The second-order valence-corrected chi connectivity index (χ2v) is 4.16. The summed E-state index contributed by atoms with van der Waals surface area (Å²) in [6, 6.07) is 6.42. The lowest BCUT2D eigenvalue weighted by atomic mass is 10.0. The van der Waals surface area contributed by atoms with Gasteiger partial charge in [-0.3, -0.25) is 4.55 Å². The van der Waals surface area contributed by atoms with Crippen LogP contribution in [-0.4, -0.2) is 25.9 Å². The third kappa shape index (κ3) is 4.64. The van der Waals surface area contributed by atoms with Gasteiger partial charge in [-0.1, -0.05) is 19.1 Å². The molecule has 2 unspecified atom stereocenters. The van der Waals surface area contributed by atoms with Crippen molar-refractivity contribution in [3.05, 3.63) is 35.4 Å². The highest BCUT2D eigenvalue weighted by molar-refractivity contribution is 7.74. The summed E-state index contributed by atoms with van der Waals surface area (Å²) in [7, 11) is 0. The molecule has 0 spiro atoms. The van der Waals surface area contributed by atoms with Gasteiger partial charge in [-0.05, 0) is 30.5 Å². The third-order valence-corrected chi connectivity index (χ3v) is 2.55. The summed E-state index contributed by atoms with van der Waals surface area (Å²) in [5.74, 6) is -0.862. The van der Waals surface area contributed by atoms with Gasteiger partial charge in [-0.15, -0.1) is 0 Å². The number of carbonyl (C=O) groups excluding carboxylic acids is 1. The van der Waals surface area contributed by atoms with Gasteiger partial charge in [-0.2, -0.15) is 4.21 Å². The van der Waals surface area contributed by atoms with E-state index in [1.165, 1.54) is 12.1 Å². The lowest BCUT2D eigenvalue weighted by Crippen LogP contribution is -2.10. The number of hydrogen-bond donors (Lipinski definition) is 2. The summed E-state index contributed by atoms with van der Waals surface area (Å²) >= 11 is -2.61. The summed E-state index contributed by atoms with van der Waals surface area (Å²) in [4.78, 5) is 11.3. The van der Waals surface area contributed by atoms with E-state index >= 15 is 0 Å². The molecular weight excluding hydrogens is 244 g/mol. The first kappa shape index (κ1) is 13.8. The minimum Gasteiger partial charge on any atom is -0.393 e. The van der Waals surface area contributed by atoms with Gasteiger partial charge >= 0.3 is 17.3 Å². The van der Waals surface area contributed by atoms with Gasteiger partial charge < -0.3 is 9.29 Å². The molecule has 94 valence electrons. The molecule has 1 aromatic carbocycles. The molecule has 5 nitrogen and oxygen atoms in total. The van der Waals surface area contributed by atoms with E-state index in [-0.39, 0.29) is 5.56 Å². The maximum absolute atomic E-state index is 11.3. The second kappa shape index (κ2) is 6.48. The molecule has 0 aliphatic rings. The Kier molecular flexibility index (Phi) is 5.27. The van der Waals surface area contributed by atoms with Crippen LogP contribution in [0.5, 0.6) is 0 Å². The van der Waals surface area contributed by atoms with Gasteiger partial charge in [0.1, 0.15) is 0 Å². The standard InChI is InChI=1S/C11H14O5S/c1-2-10(12)7-8-4-3-5-9(6-8)11(13)16-17(14)15/h3-6,10,12H,2,7H2,1H3,(H,14,15). The summed E-state index contributed by atoms with van der Waals surface area (Å²) in [6.07, 6.45) is 0.586. The summed E-state index contributed by atoms with van der Waals surface area (Å²) in [5.41, 5.74) is 0.964. The van der Waals surface area contributed by atoms with Crippen molar-refractivity contribution >= 4 is 17.3 Å². The largest absolute Gasteiger partial charge is 0.393 e. The maximum Gasteiger partial charge on any atom is 0.360 e. The zero-order valence-electron chi connectivity index (χ0n) is 9.33. The molecule has 0 amide bonds. The van der Waals surface area contributed by atoms with E-state index in [1.54, 1.807) is 12.1 Å². The average molecular weight is 258 g/mol. The Bertz CT molecular complexity index is 418. The molecule has 2 atom stereocenters. The molecule has 0 heterocycles. The molecule has 0 aromatic heterocycles. The Balaban J connectivity index is 2.78. The van der Waals surface area contributed by atoms with Gasteiger partial charge in [0.25, 0.3) is 0 Å². The lowest BCUT2D eigenvalue weighted by molar-refractivity contribution is 0.0743. The molecule has 6 heteroatoms. The Morgan fingerprint density at radius 1 is 1.53 bits per heavy atom. The van der Waals surface area contributed by atoms with Gasteiger partial charge in [0.2, 0.25) is 0 Å². The third-order valence-electron chi connectivity index (χ3n) is 2.25. The van der Waals surface area contributed by atoms with E-state index < -0.39 is 23.4 Å². The fourth-order valence-corrected chi connectivity index (χ4v) is 1.58. The summed E-state index contributed by atoms with van der Waals surface area (Å²) < 4.78 is 22.9. The van der Waals surface area contributed by atoms with E-state index in [0.29, 0.717) is 12.8 Å². The van der Waals surface area contributed by atoms with Gasteiger partial charge in [0.05, 0.1) is 11.7 Å². The van der Waals surface area contributed by atoms with Crippen molar-refractivity contribution in [1.29, 1.82) is 0 Å². The van der Waals surface area contributed by atoms with Crippen LogP contribution in [0.3, 0.4) is 0 Å². The van der Waals surface area contributed by atoms with Crippen LogP contribution in [0.1, 0.15) is 29.3 Å². The fraction of sp³-hybridized carbons (Fsp3) is 0.364. The first-order chi connectivity index (χ1) is 8.02. The first-order valence-corrected chi connectivity index (χ1v) is 6.16. The maximum atomic E-state index is 11.3. The van der Waals surface area contributed by atoms with Crippen LogP contribution in [0.2, 0.25) is 0 Å². The Morgan fingerprint density at radius 3 is 2.82 bits per heavy atom. The number of aliphatic hydroxyl groups is 1. The minimum absolute atomic E-state index is 0.188. The number of hydrogen-bond acceptors (Lipinski definition) is 4. The molecule has 0 aliphatic carbocycles. The molecule has 0 bridgehead atoms. The average Bonchev–Trinajstić information content (AvgIpc) is 2.28. The molecular formula is C11H14O5S. The molecule has 0 fully saturated rings. The number of carbonyl (C=O) groups is 1. The Labute approximate surface area is 102 Å². The topological polar surface area (TPSA) is 83.8 Å².